The summed E-state index contributed by atoms with van der Waals surface area (Å²) in [6.07, 6.45) is 0.235. The smallest absolute Gasteiger partial charge is 0.461 e. The number of hydrogen-bond acceptors (Lipinski definition) is 5. The summed E-state index contributed by atoms with van der Waals surface area (Å²) in [7, 11) is -2.87. The number of hydrogen-bond donors (Lipinski definition) is 2. The van der Waals surface area contributed by atoms with E-state index < -0.39 is 14.2 Å². The molecule has 0 unspecified atom stereocenters. The van der Waals surface area contributed by atoms with Crippen LogP contribution in [0.15, 0.2) is 12.2 Å². The van der Waals surface area contributed by atoms with E-state index in [0.717, 1.165) is 0 Å². The van der Waals surface area contributed by atoms with Crippen LogP contribution in [-0.4, -0.2) is 22.4 Å². The topological polar surface area (TPSA) is 131 Å². The third kappa shape index (κ3) is 40.8. The van der Waals surface area contributed by atoms with Crippen LogP contribution in [0.3, 0.4) is 0 Å². The second-order valence-electron chi connectivity index (χ2n) is 2.30. The molecule has 7 nitrogen and oxygen atoms in total. The number of nitrogens with zero attached hydrogens (tertiary/aromatic N) is 2. The van der Waals surface area contributed by atoms with Crippen molar-refractivity contribution in [3.05, 3.63) is 12.2 Å². The Morgan fingerprint density at radius 2 is 1.82 bits per heavy atom. The summed E-state index contributed by atoms with van der Waals surface area (Å²) in [5.74, 6) is -0.435. The molecule has 0 spiro atoms. The summed E-state index contributed by atoms with van der Waals surface area (Å²) in [5, 5.41) is 15.4. The first-order chi connectivity index (χ1) is 7.83. The van der Waals surface area contributed by atoms with Crippen LogP contribution in [0, 0.1) is 22.7 Å². The van der Waals surface area contributed by atoms with Gasteiger partial charge in [-0.05, 0) is 6.92 Å². The molecule has 0 amide bonds. The predicted molar refractivity (Wildman–Crippen MR) is 59.3 cm³/mol. The van der Waals surface area contributed by atoms with Crippen LogP contribution in [0.1, 0.15) is 20.3 Å². The fourth-order valence-corrected chi connectivity index (χ4v) is 0.313. The molecule has 0 aliphatic carbocycles. The molecule has 0 fully saturated rings. The molecule has 0 aliphatic heterocycles. The Hall–Kier alpha value is -1.79. The molecule has 0 heterocycles. The summed E-state index contributed by atoms with van der Waals surface area (Å²) in [5.41, 5.74) is 0.359. The molecule has 0 aromatic carbocycles. The third-order valence-electron chi connectivity index (χ3n) is 0.795. The van der Waals surface area contributed by atoms with Gasteiger partial charge in [0.1, 0.15) is 6.61 Å². The van der Waals surface area contributed by atoms with Gasteiger partial charge in [0.25, 0.3) is 0 Å². The Kier molecular flexibility index (Phi) is 20.2. The molecule has 2 N–H and O–H groups in total. The van der Waals surface area contributed by atoms with E-state index in [1.54, 1.807) is 13.0 Å². The average Bonchev–Trinajstić information content (AvgIpc) is 2.18. The minimum atomic E-state index is -2.87. The molecule has 0 atom stereocenters. The van der Waals surface area contributed by atoms with Crippen molar-refractivity contribution < 1.29 is 23.9 Å². The second kappa shape index (κ2) is 16.6. The second-order valence-corrected chi connectivity index (χ2v) is 2.81. The molecule has 0 aliphatic rings. The summed E-state index contributed by atoms with van der Waals surface area (Å²) in [6.45, 7) is 6.53. The number of carbonyl (C=O) groups excluding carboxylic acids is 1. The minimum absolute atomic E-state index is 0.155. The highest BCUT2D eigenvalue weighted by Crippen LogP contribution is 1.98. The van der Waals surface area contributed by atoms with Gasteiger partial charge in [-0.3, -0.25) is 0 Å². The number of esters is 1. The van der Waals surface area contributed by atoms with Gasteiger partial charge in [0.15, 0.2) is 0 Å². The zero-order chi connectivity index (χ0) is 14.3. The van der Waals surface area contributed by atoms with E-state index in [-0.39, 0.29) is 13.0 Å². The molecule has 94 valence electrons. The van der Waals surface area contributed by atoms with Crippen molar-refractivity contribution in [1.82, 2.24) is 0 Å². The first kappa shape index (κ1) is 20.6. The molecule has 0 saturated carbocycles. The zero-order valence-corrected chi connectivity index (χ0v) is 10.5. The number of carbonyl (C=O) groups is 1. The normalized spacial score (nSPS) is 6.71. The van der Waals surface area contributed by atoms with Crippen molar-refractivity contribution in [1.29, 1.82) is 10.5 Å². The maximum atomic E-state index is 10.6. The Labute approximate surface area is 101 Å². The molecule has 0 rings (SSSR count). The van der Waals surface area contributed by atoms with Crippen molar-refractivity contribution in [3.63, 3.8) is 0 Å². The van der Waals surface area contributed by atoms with Gasteiger partial charge in [0, 0.05) is 17.1 Å². The third-order valence-corrected chi connectivity index (χ3v) is 0.795. The number of ether oxygens (including phenoxy) is 1. The van der Waals surface area contributed by atoms with E-state index in [1.807, 2.05) is 6.07 Å². The monoisotopic (exact) mass is 261 g/mol. The quantitative estimate of drug-likeness (QED) is 0.337. The Bertz CT molecular complexity index is 325. The molecule has 17 heavy (non-hydrogen) atoms. The van der Waals surface area contributed by atoms with Crippen LogP contribution in [0.2, 0.25) is 0 Å². The van der Waals surface area contributed by atoms with Gasteiger partial charge in [-0.1, -0.05) is 6.58 Å². The maximum absolute atomic E-state index is 10.6. The molecule has 0 aromatic rings. The van der Waals surface area contributed by atoms with Gasteiger partial charge in [-0.15, -0.1) is 9.79 Å². The van der Waals surface area contributed by atoms with Crippen molar-refractivity contribution in [2.45, 2.75) is 20.3 Å². The molecular formula is C9H14N2O5P+. The Morgan fingerprint density at radius 1 is 1.47 bits per heavy atom. The van der Waals surface area contributed by atoms with Gasteiger partial charge in [0.05, 0.1) is 18.6 Å². The van der Waals surface area contributed by atoms with Gasteiger partial charge >= 0.3 is 14.2 Å². The van der Waals surface area contributed by atoms with Crippen molar-refractivity contribution in [2.24, 2.45) is 0 Å². The largest absolute Gasteiger partial charge is 0.692 e. The molecule has 0 radical (unpaired) electrons. The number of rotatable bonds is 3. The molecule has 0 saturated heterocycles. The number of nitriles is 2. The molecule has 0 bridgehead atoms. The first-order valence-corrected chi connectivity index (χ1v) is 5.35. The Balaban J connectivity index is -0.000000232. The average molecular weight is 261 g/mol. The fourth-order valence-electron chi connectivity index (χ4n) is 0.313. The fraction of sp³-hybridized carbons (Fsp3) is 0.444. The lowest BCUT2D eigenvalue weighted by atomic mass is 10.4. The predicted octanol–water partition coefficient (Wildman–Crippen LogP) is 1.18. The summed E-state index contributed by atoms with van der Waals surface area (Å²) in [4.78, 5) is 24.8. The van der Waals surface area contributed by atoms with Gasteiger partial charge in [0.2, 0.25) is 0 Å². The van der Waals surface area contributed by atoms with Gasteiger partial charge < -0.3 is 4.74 Å². The van der Waals surface area contributed by atoms with E-state index in [4.69, 9.17) is 24.9 Å². The van der Waals surface area contributed by atoms with E-state index in [1.165, 1.54) is 6.92 Å². The van der Waals surface area contributed by atoms with E-state index >= 15 is 0 Å². The highest BCUT2D eigenvalue weighted by molar-refractivity contribution is 7.30. The summed E-state index contributed by atoms with van der Waals surface area (Å²) < 4.78 is 13.3. The van der Waals surface area contributed by atoms with Gasteiger partial charge in [-0.2, -0.15) is 10.5 Å². The van der Waals surface area contributed by atoms with Crippen molar-refractivity contribution >= 4 is 14.2 Å². The van der Waals surface area contributed by atoms with Gasteiger partial charge in [-0.25, -0.2) is 4.79 Å². The van der Waals surface area contributed by atoms with E-state index in [0.29, 0.717) is 5.57 Å². The first-order valence-electron chi connectivity index (χ1n) is 4.18. The van der Waals surface area contributed by atoms with Crippen LogP contribution in [-0.2, 0) is 14.1 Å². The van der Waals surface area contributed by atoms with Crippen LogP contribution >= 0.6 is 8.25 Å². The van der Waals surface area contributed by atoms with Crippen molar-refractivity contribution in [2.75, 3.05) is 6.61 Å². The van der Waals surface area contributed by atoms with Crippen LogP contribution < -0.4 is 0 Å². The maximum Gasteiger partial charge on any atom is 0.692 e. The summed E-state index contributed by atoms with van der Waals surface area (Å²) in [6, 6.07) is 3.61. The lowest BCUT2D eigenvalue weighted by Gasteiger charge is -1.98. The van der Waals surface area contributed by atoms with Crippen LogP contribution in [0.5, 0.6) is 0 Å². The standard InChI is InChI=1S/C7H9NO2.C2H3N.HO3P/c1-6(2)7(9)10-5-3-4-8;1-2-3;1-4(2)3/h1,3,5H2,2H3;1H3;(H-,1,2,3)/p+1. The zero-order valence-electron chi connectivity index (χ0n) is 9.58. The summed E-state index contributed by atoms with van der Waals surface area (Å²) >= 11 is 0. The van der Waals surface area contributed by atoms with Crippen LogP contribution in [0.4, 0.5) is 0 Å². The Morgan fingerprint density at radius 3 is 2.06 bits per heavy atom. The van der Waals surface area contributed by atoms with E-state index in [9.17, 15) is 4.79 Å². The van der Waals surface area contributed by atoms with Crippen molar-refractivity contribution in [3.8, 4) is 12.1 Å². The molecular weight excluding hydrogens is 247 g/mol. The molecule has 8 heteroatoms. The minimum Gasteiger partial charge on any atom is -0.461 e. The van der Waals surface area contributed by atoms with Crippen LogP contribution in [0.25, 0.3) is 0 Å². The highest BCUT2D eigenvalue weighted by atomic mass is 31.1. The highest BCUT2D eigenvalue weighted by Gasteiger charge is 2.00. The molecule has 0 aromatic heterocycles. The lowest BCUT2D eigenvalue weighted by molar-refractivity contribution is -0.138. The lowest BCUT2D eigenvalue weighted by Crippen LogP contribution is -2.05. The van der Waals surface area contributed by atoms with E-state index in [2.05, 4.69) is 11.3 Å². The SMILES string of the molecule is C=C(C)C(=O)OCCC#N.CC#N.O=[P+](O)O.